The molecule has 0 aromatic heterocycles. The quantitative estimate of drug-likeness (QED) is 0.793. The van der Waals surface area contributed by atoms with Gasteiger partial charge in [-0.15, -0.1) is 0 Å². The van der Waals surface area contributed by atoms with Crippen LogP contribution in [0, 0.1) is 23.2 Å². The first-order valence-corrected chi connectivity index (χ1v) is 8.37. The minimum atomic E-state index is -0.312. The number of hydrogen-bond acceptors (Lipinski definition) is 3. The van der Waals surface area contributed by atoms with Crippen molar-refractivity contribution in [3.63, 3.8) is 0 Å². The predicted octanol–water partition coefficient (Wildman–Crippen LogP) is 2.66. The lowest BCUT2D eigenvalue weighted by molar-refractivity contribution is -0.142. The van der Waals surface area contributed by atoms with Crippen LogP contribution in [0.25, 0.3) is 0 Å². The van der Waals surface area contributed by atoms with Gasteiger partial charge in [-0.2, -0.15) is 0 Å². The monoisotopic (exact) mass is 293 g/mol. The van der Waals surface area contributed by atoms with Crippen molar-refractivity contribution in [1.29, 1.82) is 0 Å². The second-order valence-corrected chi connectivity index (χ2v) is 7.65. The molecule has 4 rings (SSSR count). The van der Waals surface area contributed by atoms with Crippen molar-refractivity contribution in [2.24, 2.45) is 23.2 Å². The van der Waals surface area contributed by atoms with Crippen LogP contribution in [0.5, 0.6) is 0 Å². The maximum Gasteiger partial charge on any atom is 0.306 e. The van der Waals surface area contributed by atoms with Gasteiger partial charge in [0.1, 0.15) is 0 Å². The van der Waals surface area contributed by atoms with Crippen LogP contribution >= 0.6 is 0 Å². The van der Waals surface area contributed by atoms with E-state index >= 15 is 0 Å². The van der Waals surface area contributed by atoms with Gasteiger partial charge in [-0.3, -0.25) is 9.59 Å². The van der Waals surface area contributed by atoms with Crippen molar-refractivity contribution in [3.8, 4) is 0 Å². The lowest BCUT2D eigenvalue weighted by Crippen LogP contribution is -2.55. The molecular formula is C17H27NO3. The number of rotatable bonds is 5. The van der Waals surface area contributed by atoms with E-state index in [1.54, 1.807) is 0 Å². The Hall–Kier alpha value is -1.06. The van der Waals surface area contributed by atoms with Crippen LogP contribution in [-0.4, -0.2) is 25.0 Å². The molecule has 118 valence electrons. The first-order valence-electron chi connectivity index (χ1n) is 8.37. The summed E-state index contributed by atoms with van der Waals surface area (Å²) in [6.07, 6.45) is 8.54. The Balaban J connectivity index is 1.56. The highest BCUT2D eigenvalue weighted by Gasteiger charge is 2.53. The lowest BCUT2D eigenvalue weighted by Gasteiger charge is -2.59. The molecule has 4 aliphatic rings. The Morgan fingerprint density at radius 3 is 2.10 bits per heavy atom. The van der Waals surface area contributed by atoms with Crippen LogP contribution in [0.3, 0.4) is 0 Å². The van der Waals surface area contributed by atoms with E-state index < -0.39 is 0 Å². The molecule has 4 aliphatic carbocycles. The normalized spacial score (nSPS) is 38.1. The molecule has 1 amide bonds. The first kappa shape index (κ1) is 14.9. The molecule has 0 spiro atoms. The maximum absolute atomic E-state index is 12.0. The molecule has 0 heterocycles. The van der Waals surface area contributed by atoms with E-state index in [9.17, 15) is 9.59 Å². The average Bonchev–Trinajstić information content (AvgIpc) is 2.43. The van der Waals surface area contributed by atoms with Gasteiger partial charge in [0.05, 0.1) is 13.5 Å². The number of nitrogens with one attached hydrogen (secondary N) is 1. The predicted molar refractivity (Wildman–Crippen MR) is 79.5 cm³/mol. The van der Waals surface area contributed by atoms with Gasteiger partial charge in [0.25, 0.3) is 0 Å². The number of esters is 1. The Morgan fingerprint density at radius 1 is 1.10 bits per heavy atom. The third-order valence-electron chi connectivity index (χ3n) is 6.17. The minimum absolute atomic E-state index is 0.0105. The highest BCUT2D eigenvalue weighted by Crippen LogP contribution is 2.61. The van der Waals surface area contributed by atoms with Gasteiger partial charge in [0, 0.05) is 12.5 Å². The molecule has 4 heteroatoms. The van der Waals surface area contributed by atoms with E-state index in [1.165, 1.54) is 45.6 Å². The Kier molecular flexibility index (Phi) is 3.98. The summed E-state index contributed by atoms with van der Waals surface area (Å²) in [6, 6.07) is 0.232. The summed E-state index contributed by atoms with van der Waals surface area (Å²) in [5, 5.41) is 3.17. The topological polar surface area (TPSA) is 55.4 Å². The molecular weight excluding hydrogens is 266 g/mol. The fourth-order valence-electron chi connectivity index (χ4n) is 5.49. The third-order valence-corrected chi connectivity index (χ3v) is 6.17. The Morgan fingerprint density at radius 2 is 1.62 bits per heavy atom. The third kappa shape index (κ3) is 2.95. The van der Waals surface area contributed by atoms with Gasteiger partial charge in [0.15, 0.2) is 0 Å². The standard InChI is InChI=1S/C17H27NO3/c1-11(18-15(19)3-4-16(20)21-2)17-8-12-5-13(9-17)7-14(6-12)10-17/h11-14H,3-10H2,1-2H3,(H,18,19). The zero-order valence-electron chi connectivity index (χ0n) is 13.2. The number of carbonyl (C=O) groups excluding carboxylic acids is 2. The van der Waals surface area contributed by atoms with Crippen molar-refractivity contribution in [2.75, 3.05) is 7.11 Å². The van der Waals surface area contributed by atoms with Crippen LogP contribution < -0.4 is 5.32 Å². The first-order chi connectivity index (χ1) is 10.0. The molecule has 21 heavy (non-hydrogen) atoms. The Bertz CT molecular complexity index is 396. The number of hydrogen-bond donors (Lipinski definition) is 1. The molecule has 0 radical (unpaired) electrons. The summed E-state index contributed by atoms with van der Waals surface area (Å²) in [5.41, 5.74) is 0.329. The van der Waals surface area contributed by atoms with Crippen LogP contribution in [0.15, 0.2) is 0 Å². The van der Waals surface area contributed by atoms with Gasteiger partial charge in [-0.25, -0.2) is 0 Å². The van der Waals surface area contributed by atoms with Crippen LogP contribution in [-0.2, 0) is 14.3 Å². The molecule has 4 bridgehead atoms. The molecule has 4 nitrogen and oxygen atoms in total. The van der Waals surface area contributed by atoms with Gasteiger partial charge in [-0.05, 0) is 68.6 Å². The summed E-state index contributed by atoms with van der Waals surface area (Å²) in [7, 11) is 1.36. The number of ether oxygens (including phenoxy) is 1. The van der Waals surface area contributed by atoms with E-state index in [0.717, 1.165) is 17.8 Å². The fraction of sp³-hybridized carbons (Fsp3) is 0.882. The molecule has 1 N–H and O–H groups in total. The van der Waals surface area contributed by atoms with E-state index in [-0.39, 0.29) is 30.8 Å². The average molecular weight is 293 g/mol. The van der Waals surface area contributed by atoms with Crippen molar-refractivity contribution in [3.05, 3.63) is 0 Å². The summed E-state index contributed by atoms with van der Waals surface area (Å²) in [4.78, 5) is 23.2. The molecule has 4 fully saturated rings. The molecule has 1 unspecified atom stereocenters. The second-order valence-electron chi connectivity index (χ2n) is 7.65. The van der Waals surface area contributed by atoms with E-state index in [0.29, 0.717) is 5.41 Å². The fourth-order valence-corrected chi connectivity index (χ4v) is 5.49. The summed E-state index contributed by atoms with van der Waals surface area (Å²) in [5.74, 6) is 2.36. The zero-order chi connectivity index (χ0) is 15.0. The van der Waals surface area contributed by atoms with E-state index in [2.05, 4.69) is 17.0 Å². The largest absolute Gasteiger partial charge is 0.469 e. The zero-order valence-corrected chi connectivity index (χ0v) is 13.2. The van der Waals surface area contributed by atoms with Crippen molar-refractivity contribution >= 4 is 11.9 Å². The van der Waals surface area contributed by atoms with Crippen LogP contribution in [0.4, 0.5) is 0 Å². The Labute approximate surface area is 127 Å². The van der Waals surface area contributed by atoms with Crippen molar-refractivity contribution in [2.45, 2.75) is 64.3 Å². The second kappa shape index (κ2) is 5.62. The number of amides is 1. The van der Waals surface area contributed by atoms with Gasteiger partial charge >= 0.3 is 5.97 Å². The molecule has 0 aromatic carbocycles. The SMILES string of the molecule is COC(=O)CCC(=O)NC(C)C12CC3CC(CC(C3)C1)C2. The maximum atomic E-state index is 12.0. The molecule has 4 saturated carbocycles. The molecule has 0 aromatic rings. The van der Waals surface area contributed by atoms with Gasteiger partial charge in [-0.1, -0.05) is 0 Å². The van der Waals surface area contributed by atoms with Crippen molar-refractivity contribution < 1.29 is 14.3 Å². The van der Waals surface area contributed by atoms with E-state index in [1.807, 2.05) is 0 Å². The highest BCUT2D eigenvalue weighted by molar-refractivity contribution is 5.81. The lowest BCUT2D eigenvalue weighted by atomic mass is 9.48. The highest BCUT2D eigenvalue weighted by atomic mass is 16.5. The number of methoxy groups -OCH3 is 1. The minimum Gasteiger partial charge on any atom is -0.469 e. The number of carbonyl (C=O) groups is 2. The summed E-state index contributed by atoms with van der Waals surface area (Å²) < 4.78 is 4.59. The summed E-state index contributed by atoms with van der Waals surface area (Å²) in [6.45, 7) is 2.17. The molecule has 0 saturated heterocycles. The van der Waals surface area contributed by atoms with Crippen LogP contribution in [0.1, 0.15) is 58.3 Å². The summed E-state index contributed by atoms with van der Waals surface area (Å²) >= 11 is 0. The van der Waals surface area contributed by atoms with Crippen molar-refractivity contribution in [1.82, 2.24) is 5.32 Å². The van der Waals surface area contributed by atoms with Crippen LogP contribution in [0.2, 0.25) is 0 Å². The molecule has 0 aliphatic heterocycles. The van der Waals surface area contributed by atoms with Gasteiger partial charge < -0.3 is 10.1 Å². The smallest absolute Gasteiger partial charge is 0.306 e. The molecule has 1 atom stereocenters. The van der Waals surface area contributed by atoms with Gasteiger partial charge in [0.2, 0.25) is 5.91 Å². The van der Waals surface area contributed by atoms with E-state index in [4.69, 9.17) is 0 Å².